The Bertz CT molecular complexity index is 695. The highest BCUT2D eigenvalue weighted by atomic mass is 32.1. The van der Waals surface area contributed by atoms with Crippen molar-refractivity contribution in [1.82, 2.24) is 9.80 Å². The average Bonchev–Trinajstić information content (AvgIpc) is 3.08. The summed E-state index contributed by atoms with van der Waals surface area (Å²) in [6, 6.07) is 10.8. The van der Waals surface area contributed by atoms with Crippen molar-refractivity contribution in [3.63, 3.8) is 0 Å². The molecule has 0 radical (unpaired) electrons. The van der Waals surface area contributed by atoms with Crippen LogP contribution >= 0.6 is 23.6 Å². The Hall–Kier alpha value is -1.63. The van der Waals surface area contributed by atoms with Crippen molar-refractivity contribution >= 4 is 40.0 Å². The summed E-state index contributed by atoms with van der Waals surface area (Å²) in [5.74, 6) is 0. The van der Waals surface area contributed by atoms with Crippen molar-refractivity contribution in [2.75, 3.05) is 49.5 Å². The summed E-state index contributed by atoms with van der Waals surface area (Å²) >= 11 is 7.46. The van der Waals surface area contributed by atoms with Crippen LogP contribution in [-0.2, 0) is 6.54 Å². The van der Waals surface area contributed by atoms with Crippen molar-refractivity contribution in [2.24, 2.45) is 0 Å². The van der Waals surface area contributed by atoms with Gasteiger partial charge in [0.2, 0.25) is 0 Å². The van der Waals surface area contributed by atoms with Crippen LogP contribution in [-0.4, -0.2) is 54.2 Å². The zero-order valence-corrected chi connectivity index (χ0v) is 18.0. The predicted octanol–water partition coefficient (Wildman–Crippen LogP) is 4.50. The van der Waals surface area contributed by atoms with Crippen LogP contribution in [0.2, 0.25) is 0 Å². The van der Waals surface area contributed by atoms with Gasteiger partial charge < -0.3 is 15.1 Å². The minimum atomic E-state index is 0.836. The fourth-order valence-electron chi connectivity index (χ4n) is 3.52. The van der Waals surface area contributed by atoms with Gasteiger partial charge in [-0.3, -0.25) is 4.90 Å². The van der Waals surface area contributed by atoms with Crippen molar-refractivity contribution in [2.45, 2.75) is 26.8 Å². The fourth-order valence-corrected chi connectivity index (χ4v) is 4.48. The van der Waals surface area contributed by atoms with E-state index in [0.717, 1.165) is 63.0 Å². The van der Waals surface area contributed by atoms with Gasteiger partial charge in [0.1, 0.15) is 0 Å². The number of anilines is 2. The van der Waals surface area contributed by atoms with E-state index in [4.69, 9.17) is 12.2 Å². The molecule has 3 rings (SSSR count). The second kappa shape index (κ2) is 10.1. The Kier molecular flexibility index (Phi) is 7.50. The van der Waals surface area contributed by atoms with E-state index >= 15 is 0 Å². The summed E-state index contributed by atoms with van der Waals surface area (Å²) in [6.07, 6.45) is 1.15. The van der Waals surface area contributed by atoms with E-state index in [2.05, 4.69) is 75.0 Å². The molecule has 2 aromatic rings. The highest BCUT2D eigenvalue weighted by molar-refractivity contribution is 7.80. The first-order valence-electron chi connectivity index (χ1n) is 9.84. The number of hydrogen-bond acceptors (Lipinski definition) is 4. The Morgan fingerprint density at radius 3 is 2.52 bits per heavy atom. The third-order valence-corrected chi connectivity index (χ3v) is 6.20. The highest BCUT2D eigenvalue weighted by Gasteiger charge is 2.17. The number of hydrogen-bond donors (Lipinski definition) is 1. The molecule has 0 bridgehead atoms. The molecule has 0 saturated carbocycles. The zero-order valence-electron chi connectivity index (χ0n) is 16.4. The van der Waals surface area contributed by atoms with Crippen LogP contribution < -0.4 is 10.2 Å². The number of thiocarbonyl (C=S) groups is 1. The lowest BCUT2D eigenvalue weighted by molar-refractivity contribution is 0.278. The van der Waals surface area contributed by atoms with Crippen LogP contribution in [0.5, 0.6) is 0 Å². The maximum Gasteiger partial charge on any atom is 0.173 e. The molecule has 1 fully saturated rings. The van der Waals surface area contributed by atoms with Crippen molar-refractivity contribution in [1.29, 1.82) is 0 Å². The van der Waals surface area contributed by atoms with E-state index < -0.39 is 0 Å². The van der Waals surface area contributed by atoms with E-state index in [1.807, 2.05) is 0 Å². The highest BCUT2D eigenvalue weighted by Crippen LogP contribution is 2.18. The van der Waals surface area contributed by atoms with Crippen LogP contribution in [0.25, 0.3) is 0 Å². The van der Waals surface area contributed by atoms with Gasteiger partial charge in [0.25, 0.3) is 0 Å². The standard InChI is InChI=1S/C21H30N4S2/c1-3-24(4-2)20-8-6-19(7-9-20)22-21(26)25-12-5-11-23(13-14-25)16-18-10-15-27-17-18/h6-10,15,17H,3-5,11-14,16H2,1-2H3,(H,22,26). The molecular formula is C21H30N4S2. The monoisotopic (exact) mass is 402 g/mol. The predicted molar refractivity (Wildman–Crippen MR) is 122 cm³/mol. The zero-order chi connectivity index (χ0) is 19.1. The Labute approximate surface area is 172 Å². The molecular weight excluding hydrogens is 372 g/mol. The average molecular weight is 403 g/mol. The third kappa shape index (κ3) is 5.67. The first-order chi connectivity index (χ1) is 13.2. The molecule has 1 aliphatic rings. The normalized spacial score (nSPS) is 15.4. The second-order valence-electron chi connectivity index (χ2n) is 6.90. The van der Waals surface area contributed by atoms with Gasteiger partial charge in [0, 0.05) is 57.2 Å². The quantitative estimate of drug-likeness (QED) is 0.716. The topological polar surface area (TPSA) is 21.8 Å². The largest absolute Gasteiger partial charge is 0.372 e. The molecule has 0 atom stereocenters. The maximum absolute atomic E-state index is 5.69. The minimum Gasteiger partial charge on any atom is -0.372 e. The van der Waals surface area contributed by atoms with Crippen LogP contribution in [0.1, 0.15) is 25.8 Å². The molecule has 1 N–H and O–H groups in total. The molecule has 146 valence electrons. The second-order valence-corrected chi connectivity index (χ2v) is 8.06. The van der Waals surface area contributed by atoms with E-state index in [-0.39, 0.29) is 0 Å². The molecule has 1 aromatic carbocycles. The minimum absolute atomic E-state index is 0.836. The summed E-state index contributed by atoms with van der Waals surface area (Å²) in [5.41, 5.74) is 3.74. The number of thiophene rings is 1. The SMILES string of the molecule is CCN(CC)c1ccc(NC(=S)N2CCCN(Cc3ccsc3)CC2)cc1. The number of nitrogens with zero attached hydrogens (tertiary/aromatic N) is 3. The fraction of sp³-hybridized carbons (Fsp3) is 0.476. The van der Waals surface area contributed by atoms with Crippen molar-refractivity contribution in [3.8, 4) is 0 Å². The lowest BCUT2D eigenvalue weighted by atomic mass is 10.2. The molecule has 0 unspecified atom stereocenters. The van der Waals surface area contributed by atoms with E-state index in [9.17, 15) is 0 Å². The lowest BCUT2D eigenvalue weighted by Gasteiger charge is -2.25. The van der Waals surface area contributed by atoms with Gasteiger partial charge in [0.05, 0.1) is 0 Å². The smallest absolute Gasteiger partial charge is 0.173 e. The van der Waals surface area contributed by atoms with Gasteiger partial charge in [-0.15, -0.1) is 0 Å². The van der Waals surface area contributed by atoms with Gasteiger partial charge in [-0.05, 0) is 79.1 Å². The summed E-state index contributed by atoms with van der Waals surface area (Å²) in [5, 5.41) is 8.66. The van der Waals surface area contributed by atoms with Gasteiger partial charge in [-0.2, -0.15) is 11.3 Å². The Morgan fingerprint density at radius 2 is 1.85 bits per heavy atom. The van der Waals surface area contributed by atoms with Crippen molar-refractivity contribution < 1.29 is 0 Å². The van der Waals surface area contributed by atoms with Crippen molar-refractivity contribution in [3.05, 3.63) is 46.7 Å². The van der Waals surface area contributed by atoms with Crippen LogP contribution in [0, 0.1) is 0 Å². The third-order valence-electron chi connectivity index (χ3n) is 5.11. The van der Waals surface area contributed by atoms with Crippen LogP contribution in [0.4, 0.5) is 11.4 Å². The van der Waals surface area contributed by atoms with Gasteiger partial charge in [0.15, 0.2) is 5.11 Å². The first kappa shape index (κ1) is 20.1. The first-order valence-corrected chi connectivity index (χ1v) is 11.2. The Balaban J connectivity index is 1.52. The molecule has 27 heavy (non-hydrogen) atoms. The molecule has 0 spiro atoms. The summed E-state index contributed by atoms with van der Waals surface area (Å²) in [7, 11) is 0. The summed E-state index contributed by atoms with van der Waals surface area (Å²) in [4.78, 5) is 7.18. The number of benzene rings is 1. The molecule has 1 saturated heterocycles. The van der Waals surface area contributed by atoms with E-state index in [0.29, 0.717) is 0 Å². The van der Waals surface area contributed by atoms with Gasteiger partial charge >= 0.3 is 0 Å². The number of nitrogens with one attached hydrogen (secondary N) is 1. The molecule has 2 heterocycles. The van der Waals surface area contributed by atoms with Gasteiger partial charge in [-0.1, -0.05) is 0 Å². The lowest BCUT2D eigenvalue weighted by Crippen LogP contribution is -2.37. The number of rotatable bonds is 6. The van der Waals surface area contributed by atoms with Crippen LogP contribution in [0.15, 0.2) is 41.1 Å². The molecule has 1 aliphatic heterocycles. The summed E-state index contributed by atoms with van der Waals surface area (Å²) in [6.45, 7) is 11.7. The molecule has 4 nitrogen and oxygen atoms in total. The molecule has 0 aliphatic carbocycles. The van der Waals surface area contributed by atoms with Crippen LogP contribution in [0.3, 0.4) is 0 Å². The molecule has 6 heteroatoms. The Morgan fingerprint density at radius 1 is 1.07 bits per heavy atom. The van der Waals surface area contributed by atoms with Gasteiger partial charge in [-0.25, -0.2) is 0 Å². The summed E-state index contributed by atoms with van der Waals surface area (Å²) < 4.78 is 0. The van der Waals surface area contributed by atoms with E-state index in [1.165, 1.54) is 11.3 Å². The van der Waals surface area contributed by atoms with E-state index in [1.54, 1.807) is 11.3 Å². The molecule has 0 amide bonds. The molecule has 1 aromatic heterocycles. The maximum atomic E-state index is 5.69.